The first kappa shape index (κ1) is 23.2. The lowest BCUT2D eigenvalue weighted by Crippen LogP contribution is -2.36. The number of benzene rings is 2. The molecular formula is C23H30N4O5. The Morgan fingerprint density at radius 2 is 1.84 bits per heavy atom. The Morgan fingerprint density at radius 3 is 2.44 bits per heavy atom. The first-order valence-corrected chi connectivity index (χ1v) is 10.2. The van der Waals surface area contributed by atoms with Crippen LogP contribution in [0, 0.1) is 13.8 Å². The second kappa shape index (κ2) is 9.78. The van der Waals surface area contributed by atoms with Gasteiger partial charge in [0.05, 0.1) is 32.0 Å². The van der Waals surface area contributed by atoms with Crippen LogP contribution in [0.25, 0.3) is 0 Å². The molecule has 32 heavy (non-hydrogen) atoms. The highest BCUT2D eigenvalue weighted by Gasteiger charge is 2.26. The molecule has 0 fully saturated rings. The van der Waals surface area contributed by atoms with Crippen molar-refractivity contribution in [2.24, 2.45) is 4.99 Å². The average molecular weight is 443 g/mol. The van der Waals surface area contributed by atoms with Gasteiger partial charge in [-0.05, 0) is 37.1 Å². The maximum Gasteiger partial charge on any atom is 0.316 e. The molecule has 0 radical (unpaired) electrons. The van der Waals surface area contributed by atoms with E-state index in [9.17, 15) is 9.90 Å². The zero-order valence-corrected chi connectivity index (χ0v) is 19.3. The molecule has 2 aromatic rings. The molecule has 9 heteroatoms. The molecule has 0 saturated heterocycles. The fraction of sp³-hybridized carbons (Fsp3) is 0.391. The molecule has 1 heterocycles. The molecule has 172 valence electrons. The summed E-state index contributed by atoms with van der Waals surface area (Å²) in [6.45, 7) is 4.65. The van der Waals surface area contributed by atoms with Crippen molar-refractivity contribution in [2.75, 3.05) is 41.5 Å². The number of fused-ring (bicyclic) bond motifs is 1. The number of nitrogens with one attached hydrogen (secondary N) is 2. The van der Waals surface area contributed by atoms with Gasteiger partial charge in [0.25, 0.3) is 0 Å². The van der Waals surface area contributed by atoms with Crippen LogP contribution in [-0.4, -0.2) is 63.3 Å². The van der Waals surface area contributed by atoms with E-state index in [1.165, 1.54) is 4.90 Å². The van der Waals surface area contributed by atoms with Gasteiger partial charge in [-0.15, -0.1) is 0 Å². The molecule has 0 spiro atoms. The number of hydrogen-bond donors (Lipinski definition) is 3. The van der Waals surface area contributed by atoms with Crippen molar-refractivity contribution in [3.8, 4) is 17.2 Å². The van der Waals surface area contributed by atoms with E-state index < -0.39 is 6.23 Å². The molecule has 3 N–H and O–H groups in total. The van der Waals surface area contributed by atoms with Crippen LogP contribution in [0.2, 0.25) is 0 Å². The monoisotopic (exact) mass is 442 g/mol. The van der Waals surface area contributed by atoms with Gasteiger partial charge in [-0.2, -0.15) is 0 Å². The van der Waals surface area contributed by atoms with Gasteiger partial charge < -0.3 is 34.9 Å². The van der Waals surface area contributed by atoms with E-state index in [1.807, 2.05) is 26.0 Å². The lowest BCUT2D eigenvalue weighted by atomic mass is 10.0. The standard InChI is InChI=1S/C23H30N4O5/c1-13-9-15(10-14(2)20(13)32-8-7-24-23(29)27(3)4)21-25-17-11-16(30-5)12-18(31-6)19(17)22(28)26-21/h9-12,22,28H,7-8H2,1-6H3,(H,24,29)(H,25,26). The van der Waals surface area contributed by atoms with Crippen LogP contribution in [0.15, 0.2) is 29.3 Å². The summed E-state index contributed by atoms with van der Waals surface area (Å²) in [5, 5.41) is 16.5. The molecule has 0 aliphatic carbocycles. The van der Waals surface area contributed by atoms with Crippen LogP contribution in [0.3, 0.4) is 0 Å². The number of nitrogens with zero attached hydrogens (tertiary/aromatic N) is 2. The number of aliphatic imine (C=N–C) groups is 1. The number of methoxy groups -OCH3 is 2. The number of aliphatic hydroxyl groups excluding tert-OH is 1. The average Bonchev–Trinajstić information content (AvgIpc) is 2.76. The first-order chi connectivity index (χ1) is 15.2. The summed E-state index contributed by atoms with van der Waals surface area (Å²) in [6.07, 6.45) is -0.977. The molecule has 1 atom stereocenters. The number of amidine groups is 1. The van der Waals surface area contributed by atoms with E-state index in [4.69, 9.17) is 19.2 Å². The van der Waals surface area contributed by atoms with Gasteiger partial charge in [0.1, 0.15) is 29.7 Å². The van der Waals surface area contributed by atoms with Gasteiger partial charge in [0.15, 0.2) is 6.23 Å². The maximum atomic E-state index is 11.6. The van der Waals surface area contributed by atoms with Crippen molar-refractivity contribution in [1.82, 2.24) is 15.5 Å². The summed E-state index contributed by atoms with van der Waals surface area (Å²) in [6, 6.07) is 7.21. The van der Waals surface area contributed by atoms with Crippen LogP contribution in [0.1, 0.15) is 28.5 Å². The van der Waals surface area contributed by atoms with E-state index in [0.717, 1.165) is 22.4 Å². The van der Waals surface area contributed by atoms with Crippen molar-refractivity contribution in [3.05, 3.63) is 46.5 Å². The Bertz CT molecular complexity index is 1010. The molecule has 1 aliphatic heterocycles. The summed E-state index contributed by atoms with van der Waals surface area (Å²) in [5.74, 6) is 2.39. The summed E-state index contributed by atoms with van der Waals surface area (Å²) in [5.41, 5.74) is 3.80. The molecule has 2 amide bonds. The highest BCUT2D eigenvalue weighted by molar-refractivity contribution is 6.02. The Hall–Kier alpha value is -3.46. The van der Waals surface area contributed by atoms with Gasteiger partial charge in [-0.25, -0.2) is 9.79 Å². The predicted molar refractivity (Wildman–Crippen MR) is 122 cm³/mol. The number of rotatable bonds is 7. The number of hydrogen-bond acceptors (Lipinski definition) is 7. The van der Waals surface area contributed by atoms with E-state index in [0.29, 0.717) is 41.7 Å². The second-order valence-corrected chi connectivity index (χ2v) is 7.68. The van der Waals surface area contributed by atoms with Crippen LogP contribution in [0.4, 0.5) is 10.5 Å². The van der Waals surface area contributed by atoms with Gasteiger partial charge in [-0.1, -0.05) is 0 Å². The zero-order valence-electron chi connectivity index (χ0n) is 19.3. The lowest BCUT2D eigenvalue weighted by Gasteiger charge is -2.26. The van der Waals surface area contributed by atoms with Crippen molar-refractivity contribution >= 4 is 17.6 Å². The number of amides is 2. The maximum absolute atomic E-state index is 11.6. The minimum atomic E-state index is -0.977. The van der Waals surface area contributed by atoms with Crippen LogP contribution < -0.4 is 24.8 Å². The topological polar surface area (TPSA) is 105 Å². The fourth-order valence-electron chi connectivity index (χ4n) is 3.53. The number of carbonyl (C=O) groups excluding carboxylic acids is 1. The Labute approximate surface area is 188 Å². The third kappa shape index (κ3) is 4.88. The normalized spacial score (nSPS) is 14.6. The number of urea groups is 1. The van der Waals surface area contributed by atoms with Crippen molar-refractivity contribution in [3.63, 3.8) is 0 Å². The predicted octanol–water partition coefficient (Wildman–Crippen LogP) is 2.64. The van der Waals surface area contributed by atoms with E-state index in [2.05, 4.69) is 10.6 Å². The Kier molecular flexibility index (Phi) is 7.09. The van der Waals surface area contributed by atoms with Crippen LogP contribution in [-0.2, 0) is 0 Å². The smallest absolute Gasteiger partial charge is 0.316 e. The summed E-state index contributed by atoms with van der Waals surface area (Å²) in [7, 11) is 6.48. The quantitative estimate of drug-likeness (QED) is 0.570. The molecule has 1 unspecified atom stereocenters. The molecule has 0 saturated carbocycles. The van der Waals surface area contributed by atoms with Crippen molar-refractivity contribution < 1.29 is 24.1 Å². The molecule has 2 aromatic carbocycles. The molecule has 3 rings (SSSR count). The summed E-state index contributed by atoms with van der Waals surface area (Å²) < 4.78 is 16.6. The summed E-state index contributed by atoms with van der Waals surface area (Å²) >= 11 is 0. The molecule has 1 aliphatic rings. The van der Waals surface area contributed by atoms with E-state index in [1.54, 1.807) is 40.4 Å². The number of aryl methyl sites for hydroxylation is 2. The highest BCUT2D eigenvalue weighted by Crippen LogP contribution is 2.40. The molecule has 9 nitrogen and oxygen atoms in total. The number of ether oxygens (including phenoxy) is 3. The van der Waals surface area contributed by atoms with Crippen LogP contribution in [0.5, 0.6) is 17.2 Å². The third-order valence-electron chi connectivity index (χ3n) is 5.09. The fourth-order valence-corrected chi connectivity index (χ4v) is 3.53. The second-order valence-electron chi connectivity index (χ2n) is 7.68. The van der Waals surface area contributed by atoms with Crippen molar-refractivity contribution in [2.45, 2.75) is 20.1 Å². The Balaban J connectivity index is 1.83. The van der Waals surface area contributed by atoms with Crippen molar-refractivity contribution in [1.29, 1.82) is 0 Å². The zero-order chi connectivity index (χ0) is 23.4. The SMILES string of the molecule is COc1cc2c(c(OC)c1)C(O)NC(c1cc(C)c(OCCNC(=O)N(C)C)c(C)c1)=N2. The third-order valence-corrected chi connectivity index (χ3v) is 5.09. The van der Waals surface area contributed by atoms with Crippen LogP contribution >= 0.6 is 0 Å². The molecule has 0 aromatic heterocycles. The van der Waals surface area contributed by atoms with Gasteiger partial charge in [-0.3, -0.25) is 0 Å². The van der Waals surface area contributed by atoms with Gasteiger partial charge in [0.2, 0.25) is 0 Å². The minimum absolute atomic E-state index is 0.161. The first-order valence-electron chi connectivity index (χ1n) is 10.2. The van der Waals surface area contributed by atoms with E-state index >= 15 is 0 Å². The number of carbonyl (C=O) groups is 1. The highest BCUT2D eigenvalue weighted by atomic mass is 16.5. The molecular weight excluding hydrogens is 412 g/mol. The lowest BCUT2D eigenvalue weighted by molar-refractivity contribution is 0.157. The minimum Gasteiger partial charge on any atom is -0.497 e. The van der Waals surface area contributed by atoms with E-state index in [-0.39, 0.29) is 6.03 Å². The summed E-state index contributed by atoms with van der Waals surface area (Å²) in [4.78, 5) is 17.8. The Morgan fingerprint density at radius 1 is 1.16 bits per heavy atom. The molecule has 0 bridgehead atoms. The van der Waals surface area contributed by atoms with Gasteiger partial charge >= 0.3 is 6.03 Å². The number of aliphatic hydroxyl groups is 1. The largest absolute Gasteiger partial charge is 0.497 e. The van der Waals surface area contributed by atoms with Gasteiger partial charge in [0, 0.05) is 31.8 Å².